The number of halogens is 1. The number of hydrogen-bond acceptors (Lipinski definition) is 7. The SMILES string of the molecule is CN(C)CCNc1nc(Nc2cccc(F)c2C#N)cc(-c2ccncc2)n1. The minimum atomic E-state index is -0.583. The summed E-state index contributed by atoms with van der Waals surface area (Å²) in [6.45, 7) is 1.48. The highest BCUT2D eigenvalue weighted by Gasteiger charge is 2.11. The van der Waals surface area contributed by atoms with Gasteiger partial charge in [-0.2, -0.15) is 10.2 Å². The van der Waals surface area contributed by atoms with Crippen LogP contribution in [0, 0.1) is 17.1 Å². The van der Waals surface area contributed by atoms with E-state index in [9.17, 15) is 9.65 Å². The van der Waals surface area contributed by atoms with E-state index in [1.54, 1.807) is 30.6 Å². The molecule has 0 amide bonds. The lowest BCUT2D eigenvalue weighted by Gasteiger charge is -2.14. The third-order valence-corrected chi connectivity index (χ3v) is 3.93. The largest absolute Gasteiger partial charge is 0.353 e. The molecule has 0 saturated heterocycles. The molecular weight excluding hydrogens is 357 g/mol. The number of benzene rings is 1. The number of hydrogen-bond donors (Lipinski definition) is 2. The molecular formula is C20H20FN7. The molecule has 142 valence electrons. The van der Waals surface area contributed by atoms with Crippen LogP contribution in [0.25, 0.3) is 11.3 Å². The highest BCUT2D eigenvalue weighted by molar-refractivity contribution is 5.70. The molecule has 0 unspecified atom stereocenters. The first-order chi connectivity index (χ1) is 13.6. The molecule has 0 radical (unpaired) electrons. The molecule has 8 heteroatoms. The van der Waals surface area contributed by atoms with Gasteiger partial charge in [0, 0.05) is 37.1 Å². The van der Waals surface area contributed by atoms with Gasteiger partial charge in [0.1, 0.15) is 23.3 Å². The first-order valence-electron chi connectivity index (χ1n) is 8.70. The van der Waals surface area contributed by atoms with E-state index in [1.807, 2.05) is 37.2 Å². The number of nitriles is 1. The summed E-state index contributed by atoms with van der Waals surface area (Å²) in [4.78, 5) is 15.1. The summed E-state index contributed by atoms with van der Waals surface area (Å²) in [6, 6.07) is 11.7. The normalized spacial score (nSPS) is 10.5. The smallest absolute Gasteiger partial charge is 0.225 e. The predicted octanol–water partition coefficient (Wildman–Crippen LogP) is 3.27. The molecule has 0 saturated carbocycles. The maximum absolute atomic E-state index is 13.9. The average molecular weight is 377 g/mol. The van der Waals surface area contributed by atoms with Crippen LogP contribution >= 0.6 is 0 Å². The highest BCUT2D eigenvalue weighted by Crippen LogP contribution is 2.25. The van der Waals surface area contributed by atoms with Crippen molar-refractivity contribution < 1.29 is 4.39 Å². The zero-order valence-corrected chi connectivity index (χ0v) is 15.6. The van der Waals surface area contributed by atoms with Gasteiger partial charge in [-0.3, -0.25) is 4.98 Å². The van der Waals surface area contributed by atoms with E-state index in [2.05, 4.69) is 25.6 Å². The van der Waals surface area contributed by atoms with Crippen molar-refractivity contribution >= 4 is 17.5 Å². The monoisotopic (exact) mass is 377 g/mol. The van der Waals surface area contributed by atoms with Crippen LogP contribution in [0.3, 0.4) is 0 Å². The number of rotatable bonds is 7. The molecule has 7 nitrogen and oxygen atoms in total. The Balaban J connectivity index is 1.95. The summed E-state index contributed by atoms with van der Waals surface area (Å²) < 4.78 is 13.9. The first-order valence-corrected chi connectivity index (χ1v) is 8.70. The first kappa shape index (κ1) is 19.2. The lowest BCUT2D eigenvalue weighted by Crippen LogP contribution is -2.21. The van der Waals surface area contributed by atoms with E-state index >= 15 is 0 Å². The molecule has 28 heavy (non-hydrogen) atoms. The van der Waals surface area contributed by atoms with Crippen LogP contribution < -0.4 is 10.6 Å². The lowest BCUT2D eigenvalue weighted by atomic mass is 10.1. The van der Waals surface area contributed by atoms with Crippen LogP contribution in [0.1, 0.15) is 5.56 Å². The van der Waals surface area contributed by atoms with Crippen molar-refractivity contribution in [2.75, 3.05) is 37.8 Å². The molecule has 3 aromatic rings. The van der Waals surface area contributed by atoms with E-state index in [4.69, 9.17) is 0 Å². The summed E-state index contributed by atoms with van der Waals surface area (Å²) in [5.74, 6) is 0.310. The van der Waals surface area contributed by atoms with Gasteiger partial charge in [-0.05, 0) is 38.4 Å². The minimum Gasteiger partial charge on any atom is -0.353 e. The number of nitrogens with zero attached hydrogens (tertiary/aromatic N) is 5. The van der Waals surface area contributed by atoms with Crippen molar-refractivity contribution in [3.05, 3.63) is 60.2 Å². The minimum absolute atomic E-state index is 0.0614. The molecule has 0 aliphatic heterocycles. The van der Waals surface area contributed by atoms with Gasteiger partial charge < -0.3 is 15.5 Å². The van der Waals surface area contributed by atoms with Gasteiger partial charge >= 0.3 is 0 Å². The maximum Gasteiger partial charge on any atom is 0.225 e. The number of nitrogens with one attached hydrogen (secondary N) is 2. The van der Waals surface area contributed by atoms with Crippen molar-refractivity contribution in [2.45, 2.75) is 0 Å². The van der Waals surface area contributed by atoms with Gasteiger partial charge in [-0.1, -0.05) is 6.07 Å². The molecule has 0 atom stereocenters. The second kappa shape index (κ2) is 8.88. The van der Waals surface area contributed by atoms with Crippen LogP contribution in [0.4, 0.5) is 21.8 Å². The van der Waals surface area contributed by atoms with Gasteiger partial charge in [0.15, 0.2) is 0 Å². The Kier molecular flexibility index (Phi) is 6.09. The summed E-state index contributed by atoms with van der Waals surface area (Å²) in [7, 11) is 3.96. The van der Waals surface area contributed by atoms with E-state index in [0.717, 1.165) is 12.1 Å². The van der Waals surface area contributed by atoms with E-state index in [0.29, 0.717) is 29.7 Å². The van der Waals surface area contributed by atoms with Crippen molar-refractivity contribution in [1.29, 1.82) is 5.26 Å². The number of pyridine rings is 1. The van der Waals surface area contributed by atoms with Crippen LogP contribution in [0.15, 0.2) is 48.8 Å². The van der Waals surface area contributed by atoms with Crippen molar-refractivity contribution in [2.24, 2.45) is 0 Å². The van der Waals surface area contributed by atoms with Crippen molar-refractivity contribution in [3.8, 4) is 17.3 Å². The molecule has 0 spiro atoms. The molecule has 2 aromatic heterocycles. The van der Waals surface area contributed by atoms with E-state index in [-0.39, 0.29) is 5.56 Å². The predicted molar refractivity (Wildman–Crippen MR) is 107 cm³/mol. The Morgan fingerprint density at radius 2 is 1.93 bits per heavy atom. The van der Waals surface area contributed by atoms with E-state index in [1.165, 1.54) is 6.07 Å². The van der Waals surface area contributed by atoms with Gasteiger partial charge in [0.05, 0.1) is 11.4 Å². The standard InChI is InChI=1S/C20H20FN7/c1-28(2)11-10-24-20-26-18(14-6-8-23-9-7-14)12-19(27-20)25-17-5-3-4-16(21)15(17)13-22/h3-9,12H,10-11H2,1-2H3,(H2,24,25,26,27). The Hall–Kier alpha value is -3.57. The fourth-order valence-electron chi connectivity index (χ4n) is 2.53. The molecule has 0 aliphatic carbocycles. The summed E-state index contributed by atoms with van der Waals surface area (Å²) in [5, 5.41) is 15.5. The molecule has 0 aliphatic rings. The topological polar surface area (TPSA) is 89.8 Å². The fourth-order valence-corrected chi connectivity index (χ4v) is 2.53. The second-order valence-corrected chi connectivity index (χ2v) is 6.33. The second-order valence-electron chi connectivity index (χ2n) is 6.33. The van der Waals surface area contributed by atoms with E-state index < -0.39 is 5.82 Å². The number of anilines is 3. The van der Waals surface area contributed by atoms with Crippen molar-refractivity contribution in [1.82, 2.24) is 19.9 Å². The molecule has 3 rings (SSSR count). The zero-order chi connectivity index (χ0) is 19.9. The third-order valence-electron chi connectivity index (χ3n) is 3.93. The Morgan fingerprint density at radius 1 is 1.14 bits per heavy atom. The number of likely N-dealkylation sites (N-methyl/N-ethyl adjacent to an activating group) is 1. The van der Waals surface area contributed by atoms with Gasteiger partial charge in [-0.25, -0.2) is 9.37 Å². The highest BCUT2D eigenvalue weighted by atomic mass is 19.1. The van der Waals surface area contributed by atoms with Crippen molar-refractivity contribution in [3.63, 3.8) is 0 Å². The van der Waals surface area contributed by atoms with Crippen LogP contribution in [-0.4, -0.2) is 47.0 Å². The summed E-state index contributed by atoms with van der Waals surface area (Å²) in [5.41, 5.74) is 1.84. The quantitative estimate of drug-likeness (QED) is 0.653. The average Bonchev–Trinajstić information content (AvgIpc) is 2.68. The fraction of sp³-hybridized carbons (Fsp3) is 0.200. The molecule has 0 bridgehead atoms. The molecule has 0 fully saturated rings. The van der Waals surface area contributed by atoms with Gasteiger partial charge in [-0.15, -0.1) is 0 Å². The van der Waals surface area contributed by atoms with Gasteiger partial charge in [0.2, 0.25) is 5.95 Å². The third kappa shape index (κ3) is 4.78. The lowest BCUT2D eigenvalue weighted by molar-refractivity contribution is 0.425. The Morgan fingerprint density at radius 3 is 2.64 bits per heavy atom. The Bertz CT molecular complexity index is 984. The Labute approximate surface area is 162 Å². The van der Waals surface area contributed by atoms with Crippen LogP contribution in [-0.2, 0) is 0 Å². The summed E-state index contributed by atoms with van der Waals surface area (Å²) >= 11 is 0. The number of aromatic nitrogens is 3. The molecule has 2 heterocycles. The van der Waals surface area contributed by atoms with Crippen LogP contribution in [0.2, 0.25) is 0 Å². The zero-order valence-electron chi connectivity index (χ0n) is 15.6. The maximum atomic E-state index is 13.9. The molecule has 1 aromatic carbocycles. The van der Waals surface area contributed by atoms with Crippen LogP contribution in [0.5, 0.6) is 0 Å². The summed E-state index contributed by atoms with van der Waals surface area (Å²) in [6.07, 6.45) is 3.37. The van der Waals surface area contributed by atoms with Gasteiger partial charge in [0.25, 0.3) is 0 Å². The molecule has 2 N–H and O–H groups in total.